The fourth-order valence-corrected chi connectivity index (χ4v) is 2.77. The summed E-state index contributed by atoms with van der Waals surface area (Å²) in [5.74, 6) is 0.105. The van der Waals surface area contributed by atoms with Gasteiger partial charge in [0.1, 0.15) is 11.4 Å². The van der Waals surface area contributed by atoms with E-state index in [1.54, 1.807) is 70.7 Å². The van der Waals surface area contributed by atoms with Crippen molar-refractivity contribution in [3.05, 3.63) is 71.7 Å². The van der Waals surface area contributed by atoms with Crippen LogP contribution in [0.5, 0.6) is 5.75 Å². The van der Waals surface area contributed by atoms with Gasteiger partial charge in [-0.2, -0.15) is 0 Å². The highest BCUT2D eigenvalue weighted by Gasteiger charge is 2.16. The van der Waals surface area contributed by atoms with Gasteiger partial charge in [-0.25, -0.2) is 4.98 Å². The van der Waals surface area contributed by atoms with Gasteiger partial charge in [0.15, 0.2) is 0 Å². The van der Waals surface area contributed by atoms with Gasteiger partial charge in [-0.05, 0) is 31.2 Å². The Bertz CT molecular complexity index is 1050. The van der Waals surface area contributed by atoms with Crippen molar-refractivity contribution >= 4 is 17.5 Å². The topological polar surface area (TPSA) is 84.4 Å². The molecule has 0 aliphatic heterocycles. The molecule has 0 saturated carbocycles. The Morgan fingerprint density at radius 2 is 1.72 bits per heavy atom. The van der Waals surface area contributed by atoms with E-state index in [-0.39, 0.29) is 17.5 Å². The molecular formula is C22H22N4O3. The molecule has 0 atom stereocenters. The summed E-state index contributed by atoms with van der Waals surface area (Å²) >= 11 is 0. The highest BCUT2D eigenvalue weighted by Crippen LogP contribution is 2.24. The van der Waals surface area contributed by atoms with Crippen LogP contribution in [0.2, 0.25) is 0 Å². The van der Waals surface area contributed by atoms with E-state index in [0.29, 0.717) is 28.4 Å². The van der Waals surface area contributed by atoms with Crippen molar-refractivity contribution in [1.29, 1.82) is 0 Å². The smallest absolute Gasteiger partial charge is 0.276 e. The van der Waals surface area contributed by atoms with Crippen LogP contribution in [0.1, 0.15) is 26.5 Å². The summed E-state index contributed by atoms with van der Waals surface area (Å²) in [6, 6.07) is 14.2. The van der Waals surface area contributed by atoms with Gasteiger partial charge in [0, 0.05) is 25.2 Å². The fraction of sp³-hybridized carbons (Fsp3) is 0.182. The molecule has 3 rings (SSSR count). The molecule has 0 saturated heterocycles. The number of carbonyl (C=O) groups excluding carboxylic acids is 2. The third-order valence-electron chi connectivity index (χ3n) is 4.36. The maximum atomic E-state index is 12.8. The van der Waals surface area contributed by atoms with Crippen molar-refractivity contribution in [1.82, 2.24) is 14.9 Å². The molecule has 0 fully saturated rings. The number of anilines is 1. The van der Waals surface area contributed by atoms with E-state index in [0.717, 1.165) is 5.56 Å². The van der Waals surface area contributed by atoms with E-state index in [4.69, 9.17) is 4.74 Å². The van der Waals surface area contributed by atoms with Crippen molar-refractivity contribution in [2.24, 2.45) is 0 Å². The molecule has 3 aromatic rings. The Morgan fingerprint density at radius 3 is 2.38 bits per heavy atom. The molecule has 0 spiro atoms. The lowest BCUT2D eigenvalue weighted by Crippen LogP contribution is -2.21. The van der Waals surface area contributed by atoms with E-state index < -0.39 is 0 Å². The largest absolute Gasteiger partial charge is 0.495 e. The first-order valence-electron chi connectivity index (χ1n) is 9.01. The predicted octanol–water partition coefficient (Wildman–Crippen LogP) is 3.41. The molecular weight excluding hydrogens is 368 g/mol. The standard InChI is InChI=1S/C22H22N4O3/c1-14-20(21(27)25-17-7-5-6-8-19(17)29-4)24-18(13-23-14)15-9-11-16(12-10-15)22(28)26(2)3/h5-13H,1-4H3,(H,25,27). The Morgan fingerprint density at radius 1 is 1.03 bits per heavy atom. The third-order valence-corrected chi connectivity index (χ3v) is 4.36. The monoisotopic (exact) mass is 390 g/mol. The summed E-state index contributed by atoms with van der Waals surface area (Å²) in [6.07, 6.45) is 1.61. The molecule has 1 aromatic heterocycles. The summed E-state index contributed by atoms with van der Waals surface area (Å²) in [6.45, 7) is 1.73. The SMILES string of the molecule is COc1ccccc1NC(=O)c1nc(-c2ccc(C(=O)N(C)C)cc2)cnc1C. The second-order valence-electron chi connectivity index (χ2n) is 6.62. The minimum absolute atomic E-state index is 0.0802. The summed E-state index contributed by atoms with van der Waals surface area (Å²) in [5, 5.41) is 2.82. The van der Waals surface area contributed by atoms with Crippen molar-refractivity contribution in [3.63, 3.8) is 0 Å². The van der Waals surface area contributed by atoms with Gasteiger partial charge < -0.3 is 15.0 Å². The van der Waals surface area contributed by atoms with Crippen LogP contribution in [0.25, 0.3) is 11.3 Å². The quantitative estimate of drug-likeness (QED) is 0.722. The summed E-state index contributed by atoms with van der Waals surface area (Å²) in [7, 11) is 4.95. The van der Waals surface area contributed by atoms with Crippen molar-refractivity contribution in [2.45, 2.75) is 6.92 Å². The zero-order chi connectivity index (χ0) is 21.0. The number of aryl methyl sites for hydroxylation is 1. The maximum absolute atomic E-state index is 12.8. The molecule has 148 valence electrons. The average Bonchev–Trinajstić information content (AvgIpc) is 2.74. The Labute approximate surface area is 169 Å². The molecule has 0 bridgehead atoms. The van der Waals surface area contributed by atoms with Crippen LogP contribution in [0.3, 0.4) is 0 Å². The van der Waals surface area contributed by atoms with Gasteiger partial charge in [0.25, 0.3) is 11.8 Å². The van der Waals surface area contributed by atoms with Gasteiger partial charge >= 0.3 is 0 Å². The number of aromatic nitrogens is 2. The lowest BCUT2D eigenvalue weighted by Gasteiger charge is -2.12. The minimum atomic E-state index is -0.374. The normalized spacial score (nSPS) is 10.3. The highest BCUT2D eigenvalue weighted by molar-refractivity contribution is 6.04. The summed E-state index contributed by atoms with van der Waals surface area (Å²) < 4.78 is 5.27. The number of nitrogens with one attached hydrogen (secondary N) is 1. The molecule has 29 heavy (non-hydrogen) atoms. The fourth-order valence-electron chi connectivity index (χ4n) is 2.77. The van der Waals surface area contributed by atoms with Gasteiger partial charge in [0.2, 0.25) is 0 Å². The number of nitrogens with zero attached hydrogens (tertiary/aromatic N) is 3. The van der Waals surface area contributed by atoms with Crippen LogP contribution in [-0.4, -0.2) is 47.9 Å². The van der Waals surface area contributed by atoms with Crippen LogP contribution in [0.15, 0.2) is 54.7 Å². The maximum Gasteiger partial charge on any atom is 0.276 e. The molecule has 0 radical (unpaired) electrons. The number of hydrogen-bond acceptors (Lipinski definition) is 5. The van der Waals surface area contributed by atoms with Crippen molar-refractivity contribution in [2.75, 3.05) is 26.5 Å². The summed E-state index contributed by atoms with van der Waals surface area (Å²) in [4.78, 5) is 35.2. The van der Waals surface area contributed by atoms with Crippen LogP contribution >= 0.6 is 0 Å². The number of hydrogen-bond donors (Lipinski definition) is 1. The number of methoxy groups -OCH3 is 1. The van der Waals surface area contributed by atoms with Crippen LogP contribution in [0, 0.1) is 6.92 Å². The van der Waals surface area contributed by atoms with E-state index in [1.807, 2.05) is 12.1 Å². The number of rotatable bonds is 5. The number of ether oxygens (including phenoxy) is 1. The second kappa shape index (κ2) is 8.52. The Hall–Kier alpha value is -3.74. The van der Waals surface area contributed by atoms with E-state index in [9.17, 15) is 9.59 Å². The van der Waals surface area contributed by atoms with Crippen LogP contribution in [-0.2, 0) is 0 Å². The number of carbonyl (C=O) groups is 2. The predicted molar refractivity (Wildman–Crippen MR) is 111 cm³/mol. The second-order valence-corrected chi connectivity index (χ2v) is 6.62. The van der Waals surface area contributed by atoms with Crippen LogP contribution in [0.4, 0.5) is 5.69 Å². The van der Waals surface area contributed by atoms with E-state index in [1.165, 1.54) is 4.90 Å². The van der Waals surface area contributed by atoms with Crippen molar-refractivity contribution in [3.8, 4) is 17.0 Å². The molecule has 7 nitrogen and oxygen atoms in total. The Balaban J connectivity index is 1.88. The molecule has 1 heterocycles. The van der Waals surface area contributed by atoms with Crippen molar-refractivity contribution < 1.29 is 14.3 Å². The zero-order valence-corrected chi connectivity index (χ0v) is 16.8. The number of amides is 2. The number of para-hydroxylation sites is 2. The highest BCUT2D eigenvalue weighted by atomic mass is 16.5. The average molecular weight is 390 g/mol. The summed E-state index contributed by atoms with van der Waals surface area (Å²) in [5.41, 5.74) is 3.18. The first kappa shape index (κ1) is 20.0. The van der Waals surface area contributed by atoms with Crippen LogP contribution < -0.4 is 10.1 Å². The molecule has 7 heteroatoms. The van der Waals surface area contributed by atoms with Gasteiger partial charge in [-0.15, -0.1) is 0 Å². The first-order valence-corrected chi connectivity index (χ1v) is 9.01. The molecule has 2 aromatic carbocycles. The molecule has 0 aliphatic rings. The lowest BCUT2D eigenvalue weighted by atomic mass is 10.1. The van der Waals surface area contributed by atoms with E-state index >= 15 is 0 Å². The van der Waals surface area contributed by atoms with Gasteiger partial charge in [-0.3, -0.25) is 14.6 Å². The number of benzene rings is 2. The first-order chi connectivity index (χ1) is 13.9. The lowest BCUT2D eigenvalue weighted by molar-refractivity contribution is 0.0827. The van der Waals surface area contributed by atoms with Gasteiger partial charge in [-0.1, -0.05) is 24.3 Å². The minimum Gasteiger partial charge on any atom is -0.495 e. The molecule has 0 unspecified atom stereocenters. The molecule has 0 aliphatic carbocycles. The Kier molecular flexibility index (Phi) is 5.87. The zero-order valence-electron chi connectivity index (χ0n) is 16.8. The van der Waals surface area contributed by atoms with E-state index in [2.05, 4.69) is 15.3 Å². The molecule has 1 N–H and O–H groups in total. The van der Waals surface area contributed by atoms with Gasteiger partial charge in [0.05, 0.1) is 30.4 Å². The third kappa shape index (κ3) is 4.40. The molecule has 2 amide bonds.